The fourth-order valence-corrected chi connectivity index (χ4v) is 3.10. The van der Waals surface area contributed by atoms with E-state index in [1.807, 2.05) is 30.3 Å². The van der Waals surface area contributed by atoms with Crippen molar-refractivity contribution < 1.29 is 9.21 Å². The molecule has 1 fully saturated rings. The minimum atomic E-state index is -0.253. The fraction of sp³-hybridized carbons (Fsp3) is 0.350. The molecule has 0 spiro atoms. The summed E-state index contributed by atoms with van der Waals surface area (Å²) in [6.45, 7) is 1.17. The highest BCUT2D eigenvalue weighted by atomic mass is 16.3. The van der Waals surface area contributed by atoms with Gasteiger partial charge < -0.3 is 15.1 Å². The van der Waals surface area contributed by atoms with Crippen molar-refractivity contribution in [1.29, 1.82) is 0 Å². The molecule has 0 bridgehead atoms. The van der Waals surface area contributed by atoms with E-state index >= 15 is 0 Å². The van der Waals surface area contributed by atoms with Gasteiger partial charge in [-0.1, -0.05) is 30.3 Å². The summed E-state index contributed by atoms with van der Waals surface area (Å²) in [4.78, 5) is 24.6. The van der Waals surface area contributed by atoms with Gasteiger partial charge in [-0.3, -0.25) is 4.57 Å². The minimum absolute atomic E-state index is 0.166. The SMILES string of the molecule is O=C(NCCc1ccccc1)NCCn1nc(-c2ccco2)n(C2CC2)c1=O. The van der Waals surface area contributed by atoms with Crippen LogP contribution in [0.4, 0.5) is 4.79 Å². The molecule has 1 aliphatic rings. The highest BCUT2D eigenvalue weighted by molar-refractivity contribution is 5.73. The standard InChI is InChI=1S/C20H23N5O3/c26-19(21-11-10-15-5-2-1-3-6-15)22-12-13-24-20(27)25(16-8-9-16)18(23-24)17-7-4-14-28-17/h1-7,14,16H,8-13H2,(H2,21,22,26). The van der Waals surface area contributed by atoms with Crippen LogP contribution in [-0.2, 0) is 13.0 Å². The first-order valence-electron chi connectivity index (χ1n) is 9.51. The van der Waals surface area contributed by atoms with Gasteiger partial charge in [0.25, 0.3) is 0 Å². The summed E-state index contributed by atoms with van der Waals surface area (Å²) in [5.41, 5.74) is 1.01. The molecule has 0 saturated heterocycles. The Morgan fingerprint density at radius 2 is 1.89 bits per heavy atom. The lowest BCUT2D eigenvalue weighted by molar-refractivity contribution is 0.240. The van der Waals surface area contributed by atoms with Gasteiger partial charge >= 0.3 is 11.7 Å². The van der Waals surface area contributed by atoms with Crippen LogP contribution >= 0.6 is 0 Å². The summed E-state index contributed by atoms with van der Waals surface area (Å²) in [5, 5.41) is 10.0. The lowest BCUT2D eigenvalue weighted by Gasteiger charge is -2.07. The van der Waals surface area contributed by atoms with Gasteiger partial charge in [-0.05, 0) is 37.0 Å². The second kappa shape index (κ2) is 8.16. The van der Waals surface area contributed by atoms with E-state index in [0.29, 0.717) is 31.2 Å². The second-order valence-electron chi connectivity index (χ2n) is 6.83. The second-order valence-corrected chi connectivity index (χ2v) is 6.83. The molecule has 8 heteroatoms. The molecule has 2 N–H and O–H groups in total. The Morgan fingerprint density at radius 1 is 1.11 bits per heavy atom. The molecule has 2 aromatic heterocycles. The Balaban J connectivity index is 1.30. The summed E-state index contributed by atoms with van der Waals surface area (Å²) in [7, 11) is 0. The van der Waals surface area contributed by atoms with Crippen molar-refractivity contribution in [3.63, 3.8) is 0 Å². The zero-order valence-corrected chi connectivity index (χ0v) is 15.5. The number of rotatable bonds is 8. The van der Waals surface area contributed by atoms with Gasteiger partial charge in [0, 0.05) is 19.1 Å². The number of benzene rings is 1. The van der Waals surface area contributed by atoms with Crippen LogP contribution in [0.5, 0.6) is 0 Å². The van der Waals surface area contributed by atoms with E-state index in [1.54, 1.807) is 23.0 Å². The van der Waals surface area contributed by atoms with E-state index in [1.165, 1.54) is 10.2 Å². The van der Waals surface area contributed by atoms with Crippen LogP contribution in [0, 0.1) is 0 Å². The molecule has 0 aliphatic heterocycles. The van der Waals surface area contributed by atoms with Crippen LogP contribution in [-0.4, -0.2) is 33.5 Å². The number of nitrogens with zero attached hydrogens (tertiary/aromatic N) is 3. The highest BCUT2D eigenvalue weighted by Crippen LogP contribution is 2.36. The third kappa shape index (κ3) is 4.16. The topological polar surface area (TPSA) is 94.1 Å². The highest BCUT2D eigenvalue weighted by Gasteiger charge is 2.31. The quantitative estimate of drug-likeness (QED) is 0.625. The molecule has 0 radical (unpaired) electrons. The van der Waals surface area contributed by atoms with E-state index in [2.05, 4.69) is 15.7 Å². The summed E-state index contributed by atoms with van der Waals surface area (Å²) in [6.07, 6.45) is 4.28. The lowest BCUT2D eigenvalue weighted by Crippen LogP contribution is -2.39. The number of amides is 2. The monoisotopic (exact) mass is 381 g/mol. The minimum Gasteiger partial charge on any atom is -0.461 e. The molecule has 0 atom stereocenters. The van der Waals surface area contributed by atoms with E-state index in [0.717, 1.165) is 19.3 Å². The average Bonchev–Trinajstić information content (AvgIpc) is 3.28. The largest absolute Gasteiger partial charge is 0.461 e. The van der Waals surface area contributed by atoms with E-state index < -0.39 is 0 Å². The lowest BCUT2D eigenvalue weighted by atomic mass is 10.1. The van der Waals surface area contributed by atoms with Crippen LogP contribution in [0.15, 0.2) is 57.9 Å². The van der Waals surface area contributed by atoms with Crippen LogP contribution in [0.3, 0.4) is 0 Å². The smallest absolute Gasteiger partial charge is 0.346 e. The van der Waals surface area contributed by atoms with Gasteiger partial charge in [0.05, 0.1) is 12.8 Å². The first-order chi connectivity index (χ1) is 13.7. The third-order valence-corrected chi connectivity index (χ3v) is 4.68. The van der Waals surface area contributed by atoms with Crippen molar-refractivity contribution in [3.05, 3.63) is 64.8 Å². The Kier molecular flexibility index (Phi) is 5.27. The van der Waals surface area contributed by atoms with E-state index in [-0.39, 0.29) is 17.8 Å². The molecule has 146 valence electrons. The Morgan fingerprint density at radius 3 is 2.61 bits per heavy atom. The summed E-state index contributed by atoms with van der Waals surface area (Å²) in [5.74, 6) is 1.12. The fourth-order valence-electron chi connectivity index (χ4n) is 3.10. The molecule has 8 nitrogen and oxygen atoms in total. The number of furan rings is 1. The molecule has 2 heterocycles. The molecule has 1 aromatic carbocycles. The van der Waals surface area contributed by atoms with Crippen LogP contribution in [0.2, 0.25) is 0 Å². The zero-order chi connectivity index (χ0) is 19.3. The number of carbonyl (C=O) groups excluding carboxylic acids is 1. The van der Waals surface area contributed by atoms with Gasteiger partial charge in [-0.15, -0.1) is 5.10 Å². The van der Waals surface area contributed by atoms with Crippen molar-refractivity contribution in [1.82, 2.24) is 25.0 Å². The summed E-state index contributed by atoms with van der Waals surface area (Å²) in [6, 6.07) is 13.5. The number of carbonyl (C=O) groups is 1. The normalized spacial score (nSPS) is 13.4. The molecule has 4 rings (SSSR count). The molecular formula is C20H23N5O3. The molecule has 28 heavy (non-hydrogen) atoms. The van der Waals surface area contributed by atoms with Crippen molar-refractivity contribution in [3.8, 4) is 11.6 Å². The first kappa shape index (κ1) is 18.1. The van der Waals surface area contributed by atoms with Gasteiger partial charge in [-0.2, -0.15) is 0 Å². The average molecular weight is 381 g/mol. The molecule has 1 saturated carbocycles. The van der Waals surface area contributed by atoms with Crippen molar-refractivity contribution in [2.45, 2.75) is 31.8 Å². The first-order valence-corrected chi connectivity index (χ1v) is 9.51. The van der Waals surface area contributed by atoms with Gasteiger partial charge in [0.15, 0.2) is 5.76 Å². The van der Waals surface area contributed by atoms with E-state index in [9.17, 15) is 9.59 Å². The number of nitrogens with one attached hydrogen (secondary N) is 2. The third-order valence-electron chi connectivity index (χ3n) is 4.68. The maximum atomic E-state index is 12.7. The summed E-state index contributed by atoms with van der Waals surface area (Å²) < 4.78 is 8.50. The predicted molar refractivity (Wildman–Crippen MR) is 104 cm³/mol. The Labute approximate surface area is 162 Å². The van der Waals surface area contributed by atoms with E-state index in [4.69, 9.17) is 4.42 Å². The van der Waals surface area contributed by atoms with Crippen molar-refractivity contribution >= 4 is 6.03 Å². The van der Waals surface area contributed by atoms with Crippen LogP contribution in [0.25, 0.3) is 11.6 Å². The Bertz CT molecular complexity index is 971. The molecule has 0 unspecified atom stereocenters. The predicted octanol–water partition coefficient (Wildman–Crippen LogP) is 2.18. The van der Waals surface area contributed by atoms with Crippen LogP contribution in [0.1, 0.15) is 24.4 Å². The number of hydrogen-bond donors (Lipinski definition) is 2. The van der Waals surface area contributed by atoms with Crippen LogP contribution < -0.4 is 16.3 Å². The maximum absolute atomic E-state index is 12.7. The molecule has 2 amide bonds. The van der Waals surface area contributed by atoms with Gasteiger partial charge in [0.1, 0.15) is 0 Å². The number of hydrogen-bond acceptors (Lipinski definition) is 4. The Hall–Kier alpha value is -3.29. The number of urea groups is 1. The molecular weight excluding hydrogens is 358 g/mol. The summed E-state index contributed by atoms with van der Waals surface area (Å²) >= 11 is 0. The molecule has 3 aromatic rings. The number of aromatic nitrogens is 3. The zero-order valence-electron chi connectivity index (χ0n) is 15.5. The van der Waals surface area contributed by atoms with Crippen molar-refractivity contribution in [2.75, 3.05) is 13.1 Å². The van der Waals surface area contributed by atoms with Gasteiger partial charge in [0.2, 0.25) is 5.82 Å². The maximum Gasteiger partial charge on any atom is 0.346 e. The van der Waals surface area contributed by atoms with Gasteiger partial charge in [-0.25, -0.2) is 14.3 Å². The molecule has 1 aliphatic carbocycles. The van der Waals surface area contributed by atoms with Crippen molar-refractivity contribution in [2.24, 2.45) is 0 Å².